The van der Waals surface area contributed by atoms with Crippen LogP contribution in [0.25, 0.3) is 0 Å². The largest absolute Gasteiger partial charge is 0.338 e. The first kappa shape index (κ1) is 19.9. The standard InChI is InChI=1S/C20H24N2O3S2/c1-14-7-8-17(13-15(14)2)27(24,25)21-16-9-11-22(12-10-16)20(23)18-5-3-4-6-19(18)26/h3-8,13,16,21,26H,9-12H2,1-2H3. The van der Waals surface area contributed by atoms with Gasteiger partial charge in [-0.05, 0) is 62.1 Å². The SMILES string of the molecule is Cc1ccc(S(=O)(=O)NC2CCN(C(=O)c3ccccc3S)CC2)cc1C. The maximum Gasteiger partial charge on any atom is 0.254 e. The van der Waals surface area contributed by atoms with Gasteiger partial charge in [0.25, 0.3) is 5.91 Å². The third-order valence-electron chi connectivity index (χ3n) is 5.03. The van der Waals surface area contributed by atoms with Crippen LogP contribution in [0.1, 0.15) is 34.3 Å². The number of benzene rings is 2. The van der Waals surface area contributed by atoms with Crippen LogP contribution in [-0.4, -0.2) is 38.4 Å². The molecular weight excluding hydrogens is 380 g/mol. The van der Waals surface area contributed by atoms with Crippen molar-refractivity contribution in [3.05, 3.63) is 59.2 Å². The lowest BCUT2D eigenvalue weighted by Crippen LogP contribution is -2.46. The summed E-state index contributed by atoms with van der Waals surface area (Å²) >= 11 is 4.35. The molecule has 1 heterocycles. The summed E-state index contributed by atoms with van der Waals surface area (Å²) in [5.41, 5.74) is 2.59. The Bertz CT molecular complexity index is 949. The van der Waals surface area contributed by atoms with Crippen LogP contribution < -0.4 is 4.72 Å². The van der Waals surface area contributed by atoms with Crippen LogP contribution in [0.15, 0.2) is 52.3 Å². The van der Waals surface area contributed by atoms with Crippen molar-refractivity contribution < 1.29 is 13.2 Å². The van der Waals surface area contributed by atoms with Crippen LogP contribution in [0.3, 0.4) is 0 Å². The summed E-state index contributed by atoms with van der Waals surface area (Å²) in [7, 11) is -3.56. The van der Waals surface area contributed by atoms with Crippen LogP contribution >= 0.6 is 12.6 Å². The summed E-state index contributed by atoms with van der Waals surface area (Å²) in [6, 6.07) is 12.2. The molecule has 1 aliphatic heterocycles. The quantitative estimate of drug-likeness (QED) is 0.769. The minimum absolute atomic E-state index is 0.0592. The number of amides is 1. The summed E-state index contributed by atoms with van der Waals surface area (Å²) in [6.07, 6.45) is 1.18. The number of nitrogens with one attached hydrogen (secondary N) is 1. The monoisotopic (exact) mass is 404 g/mol. The second-order valence-electron chi connectivity index (χ2n) is 6.95. The number of rotatable bonds is 4. The first-order valence-corrected chi connectivity index (χ1v) is 10.9. The van der Waals surface area contributed by atoms with Crippen LogP contribution in [0.5, 0.6) is 0 Å². The normalized spacial score (nSPS) is 15.7. The highest BCUT2D eigenvalue weighted by atomic mass is 32.2. The van der Waals surface area contributed by atoms with E-state index in [9.17, 15) is 13.2 Å². The van der Waals surface area contributed by atoms with Gasteiger partial charge < -0.3 is 4.90 Å². The van der Waals surface area contributed by atoms with Crippen molar-refractivity contribution in [2.24, 2.45) is 0 Å². The number of carbonyl (C=O) groups excluding carboxylic acids is 1. The number of thiol groups is 1. The number of carbonyl (C=O) groups is 1. The topological polar surface area (TPSA) is 66.5 Å². The fourth-order valence-corrected chi connectivity index (χ4v) is 4.84. The highest BCUT2D eigenvalue weighted by Crippen LogP contribution is 2.21. The van der Waals surface area contributed by atoms with Crippen LogP contribution in [0, 0.1) is 13.8 Å². The van der Waals surface area contributed by atoms with E-state index in [0.717, 1.165) is 11.1 Å². The molecule has 1 fully saturated rings. The molecule has 0 unspecified atom stereocenters. The Morgan fingerprint density at radius 1 is 1.07 bits per heavy atom. The predicted molar refractivity (Wildman–Crippen MR) is 109 cm³/mol. The summed E-state index contributed by atoms with van der Waals surface area (Å²) < 4.78 is 28.1. The summed E-state index contributed by atoms with van der Waals surface area (Å²) in [5.74, 6) is -0.0592. The summed E-state index contributed by atoms with van der Waals surface area (Å²) in [4.78, 5) is 15.3. The van der Waals surface area contributed by atoms with Gasteiger partial charge in [0, 0.05) is 24.0 Å². The zero-order chi connectivity index (χ0) is 19.6. The zero-order valence-electron chi connectivity index (χ0n) is 15.5. The Kier molecular flexibility index (Phi) is 5.93. The lowest BCUT2D eigenvalue weighted by molar-refractivity contribution is 0.0708. The van der Waals surface area contributed by atoms with Gasteiger partial charge in [0.05, 0.1) is 10.5 Å². The molecule has 144 valence electrons. The van der Waals surface area contributed by atoms with E-state index in [1.807, 2.05) is 32.0 Å². The first-order chi connectivity index (χ1) is 12.8. The number of hydrogen-bond donors (Lipinski definition) is 2. The van der Waals surface area contributed by atoms with E-state index in [1.54, 1.807) is 29.2 Å². The van der Waals surface area contributed by atoms with Gasteiger partial charge in [-0.15, -0.1) is 12.6 Å². The van der Waals surface area contributed by atoms with E-state index in [1.165, 1.54) is 0 Å². The molecule has 0 aliphatic carbocycles. The molecule has 0 aromatic heterocycles. The van der Waals surface area contributed by atoms with Crippen molar-refractivity contribution in [2.45, 2.75) is 42.5 Å². The van der Waals surface area contributed by atoms with Crippen molar-refractivity contribution in [2.75, 3.05) is 13.1 Å². The molecule has 0 radical (unpaired) electrons. The fraction of sp³-hybridized carbons (Fsp3) is 0.350. The van der Waals surface area contributed by atoms with Gasteiger partial charge in [0.15, 0.2) is 0 Å². The maximum atomic E-state index is 12.6. The van der Waals surface area contributed by atoms with Gasteiger partial charge in [-0.25, -0.2) is 13.1 Å². The molecule has 1 saturated heterocycles. The minimum Gasteiger partial charge on any atom is -0.338 e. The van der Waals surface area contributed by atoms with E-state index in [0.29, 0.717) is 36.4 Å². The van der Waals surface area contributed by atoms with E-state index in [4.69, 9.17) is 0 Å². The summed E-state index contributed by atoms with van der Waals surface area (Å²) in [5, 5.41) is 0. The molecule has 1 N–H and O–H groups in total. The molecule has 3 rings (SSSR count). The van der Waals surface area contributed by atoms with Gasteiger partial charge in [0.2, 0.25) is 10.0 Å². The minimum atomic E-state index is -3.56. The lowest BCUT2D eigenvalue weighted by Gasteiger charge is -2.32. The Morgan fingerprint density at radius 2 is 1.74 bits per heavy atom. The second kappa shape index (κ2) is 8.04. The third-order valence-corrected chi connectivity index (χ3v) is 6.94. The van der Waals surface area contributed by atoms with Gasteiger partial charge >= 0.3 is 0 Å². The van der Waals surface area contributed by atoms with Gasteiger partial charge in [-0.2, -0.15) is 0 Å². The fourth-order valence-electron chi connectivity index (χ4n) is 3.19. The molecule has 1 aliphatic rings. The molecule has 1 amide bonds. The molecular formula is C20H24N2O3S2. The van der Waals surface area contributed by atoms with Gasteiger partial charge in [0.1, 0.15) is 0 Å². The Morgan fingerprint density at radius 3 is 2.37 bits per heavy atom. The van der Waals surface area contributed by atoms with Crippen molar-refractivity contribution in [1.29, 1.82) is 0 Å². The van der Waals surface area contributed by atoms with Gasteiger partial charge in [-0.1, -0.05) is 18.2 Å². The van der Waals surface area contributed by atoms with E-state index in [2.05, 4.69) is 17.4 Å². The molecule has 0 atom stereocenters. The Hall–Kier alpha value is -1.83. The van der Waals surface area contributed by atoms with Crippen LogP contribution in [-0.2, 0) is 10.0 Å². The first-order valence-electron chi connectivity index (χ1n) is 8.95. The molecule has 0 saturated carbocycles. The number of nitrogens with zero attached hydrogens (tertiary/aromatic N) is 1. The number of aryl methyl sites for hydroxylation is 2. The van der Waals surface area contributed by atoms with Crippen LogP contribution in [0.2, 0.25) is 0 Å². The lowest BCUT2D eigenvalue weighted by atomic mass is 10.0. The zero-order valence-corrected chi connectivity index (χ0v) is 17.2. The molecule has 7 heteroatoms. The molecule has 0 spiro atoms. The van der Waals surface area contributed by atoms with Crippen molar-refractivity contribution in [3.8, 4) is 0 Å². The van der Waals surface area contributed by atoms with E-state index >= 15 is 0 Å². The van der Waals surface area contributed by atoms with Crippen molar-refractivity contribution >= 4 is 28.6 Å². The molecule has 0 bridgehead atoms. The highest BCUT2D eigenvalue weighted by molar-refractivity contribution is 7.89. The number of sulfonamides is 1. The molecule has 5 nitrogen and oxygen atoms in total. The molecule has 27 heavy (non-hydrogen) atoms. The van der Waals surface area contributed by atoms with E-state index in [-0.39, 0.29) is 16.8 Å². The number of hydrogen-bond acceptors (Lipinski definition) is 4. The van der Waals surface area contributed by atoms with Gasteiger partial charge in [-0.3, -0.25) is 4.79 Å². The second-order valence-corrected chi connectivity index (χ2v) is 9.15. The Labute approximate surface area is 166 Å². The summed E-state index contributed by atoms with van der Waals surface area (Å²) in [6.45, 7) is 4.88. The van der Waals surface area contributed by atoms with Crippen molar-refractivity contribution in [3.63, 3.8) is 0 Å². The smallest absolute Gasteiger partial charge is 0.254 e. The third kappa shape index (κ3) is 4.54. The Balaban J connectivity index is 1.63. The van der Waals surface area contributed by atoms with Crippen molar-refractivity contribution in [1.82, 2.24) is 9.62 Å². The van der Waals surface area contributed by atoms with Crippen LogP contribution in [0.4, 0.5) is 0 Å². The number of piperidine rings is 1. The number of likely N-dealkylation sites (tertiary alicyclic amines) is 1. The average molecular weight is 405 g/mol. The maximum absolute atomic E-state index is 12.6. The predicted octanol–water partition coefficient (Wildman–Crippen LogP) is 3.18. The highest BCUT2D eigenvalue weighted by Gasteiger charge is 2.27. The van der Waals surface area contributed by atoms with E-state index < -0.39 is 10.0 Å². The molecule has 2 aromatic rings. The molecule has 2 aromatic carbocycles. The average Bonchev–Trinajstić information content (AvgIpc) is 2.64.